The van der Waals surface area contributed by atoms with Gasteiger partial charge in [0, 0.05) is 0 Å². The summed E-state index contributed by atoms with van der Waals surface area (Å²) in [4.78, 5) is 14.0. The number of aromatic nitrogens is 1. The van der Waals surface area contributed by atoms with Crippen LogP contribution in [-0.2, 0) is 0 Å². The zero-order valence-corrected chi connectivity index (χ0v) is 7.33. The first-order valence-electron chi connectivity index (χ1n) is 3.68. The van der Waals surface area contributed by atoms with E-state index in [2.05, 4.69) is 9.72 Å². The van der Waals surface area contributed by atoms with E-state index in [4.69, 9.17) is 5.73 Å². The van der Waals surface area contributed by atoms with Gasteiger partial charge in [-0.1, -0.05) is 0 Å². The molecule has 0 radical (unpaired) electrons. The number of halogens is 2. The first-order valence-corrected chi connectivity index (χ1v) is 3.68. The van der Waals surface area contributed by atoms with E-state index in [0.717, 1.165) is 6.07 Å². The molecule has 1 rings (SSSR count). The maximum absolute atomic E-state index is 12.3. The van der Waals surface area contributed by atoms with Crippen molar-refractivity contribution in [2.45, 2.75) is 6.43 Å². The molecule has 0 bridgehead atoms. The van der Waals surface area contributed by atoms with E-state index in [1.807, 2.05) is 0 Å². The molecule has 0 fully saturated rings. The molecule has 0 aliphatic carbocycles. The van der Waals surface area contributed by atoms with Crippen molar-refractivity contribution in [2.24, 2.45) is 0 Å². The highest BCUT2D eigenvalue weighted by Gasteiger charge is 2.16. The Bertz CT molecular complexity index is 355. The first-order chi connectivity index (χ1) is 6.60. The summed E-state index contributed by atoms with van der Waals surface area (Å²) in [5.74, 6) is -0.385. The van der Waals surface area contributed by atoms with E-state index in [9.17, 15) is 13.6 Å². The van der Waals surface area contributed by atoms with Crippen LogP contribution in [-0.4, -0.2) is 18.4 Å². The number of carbonyl (C=O) groups is 1. The van der Waals surface area contributed by atoms with Crippen molar-refractivity contribution in [2.75, 3.05) is 12.8 Å². The second-order valence-corrected chi connectivity index (χ2v) is 2.48. The number of carbonyl (C=O) groups excluding carboxylic acids is 1. The van der Waals surface area contributed by atoms with Crippen LogP contribution in [0.25, 0.3) is 0 Å². The van der Waals surface area contributed by atoms with Gasteiger partial charge in [0.15, 0.2) is 6.29 Å². The predicted molar refractivity (Wildman–Crippen MR) is 45.5 cm³/mol. The van der Waals surface area contributed by atoms with Gasteiger partial charge in [0.1, 0.15) is 5.82 Å². The molecule has 0 unspecified atom stereocenters. The average molecular weight is 202 g/mol. The highest BCUT2D eigenvalue weighted by atomic mass is 19.3. The van der Waals surface area contributed by atoms with Crippen LogP contribution in [0.1, 0.15) is 22.3 Å². The molecule has 0 amide bonds. The summed E-state index contributed by atoms with van der Waals surface area (Å²) < 4.78 is 29.3. The fourth-order valence-electron chi connectivity index (χ4n) is 0.964. The standard InChI is InChI=1S/C8H8F2N2O2/c1-14-8-4(3-13)2-5(6(9)10)7(11)12-8/h2-3,6H,1H3,(H2,11,12). The van der Waals surface area contributed by atoms with Crippen LogP contribution >= 0.6 is 0 Å². The van der Waals surface area contributed by atoms with Gasteiger partial charge >= 0.3 is 0 Å². The average Bonchev–Trinajstić information content (AvgIpc) is 2.16. The first kappa shape index (κ1) is 10.4. The molecule has 0 saturated carbocycles. The van der Waals surface area contributed by atoms with E-state index in [1.165, 1.54) is 7.11 Å². The summed E-state index contributed by atoms with van der Waals surface area (Å²) in [5.41, 5.74) is 4.73. The summed E-state index contributed by atoms with van der Waals surface area (Å²) >= 11 is 0. The van der Waals surface area contributed by atoms with Crippen molar-refractivity contribution in [1.29, 1.82) is 0 Å². The maximum atomic E-state index is 12.3. The molecular weight excluding hydrogens is 194 g/mol. The van der Waals surface area contributed by atoms with Crippen LogP contribution in [0.2, 0.25) is 0 Å². The highest BCUT2D eigenvalue weighted by molar-refractivity contribution is 5.79. The van der Waals surface area contributed by atoms with Gasteiger partial charge in [-0.25, -0.2) is 8.78 Å². The third-order valence-corrected chi connectivity index (χ3v) is 1.63. The van der Waals surface area contributed by atoms with Gasteiger partial charge < -0.3 is 10.5 Å². The molecule has 4 nitrogen and oxygen atoms in total. The minimum atomic E-state index is -2.76. The molecule has 6 heteroatoms. The van der Waals surface area contributed by atoms with Gasteiger partial charge in [-0.05, 0) is 6.07 Å². The molecule has 76 valence electrons. The normalized spacial score (nSPS) is 10.3. The summed E-state index contributed by atoms with van der Waals surface area (Å²) in [7, 11) is 1.27. The lowest BCUT2D eigenvalue weighted by Gasteiger charge is -2.07. The number of nitrogens with zero attached hydrogens (tertiary/aromatic N) is 1. The lowest BCUT2D eigenvalue weighted by atomic mass is 10.2. The Balaban J connectivity index is 3.30. The highest BCUT2D eigenvalue weighted by Crippen LogP contribution is 2.27. The quantitative estimate of drug-likeness (QED) is 0.753. The van der Waals surface area contributed by atoms with Crippen molar-refractivity contribution >= 4 is 12.1 Å². The Morgan fingerprint density at radius 2 is 2.29 bits per heavy atom. The largest absolute Gasteiger partial charge is 0.480 e. The zero-order chi connectivity index (χ0) is 10.7. The lowest BCUT2D eigenvalue weighted by Crippen LogP contribution is -2.03. The Hall–Kier alpha value is -1.72. The SMILES string of the molecule is COc1nc(N)c(C(F)F)cc1C=O. The van der Waals surface area contributed by atoms with E-state index in [-0.39, 0.29) is 17.3 Å². The monoisotopic (exact) mass is 202 g/mol. The van der Waals surface area contributed by atoms with Gasteiger partial charge in [-0.2, -0.15) is 4.98 Å². The van der Waals surface area contributed by atoms with Crippen LogP contribution < -0.4 is 10.5 Å². The van der Waals surface area contributed by atoms with Gasteiger partial charge in [-0.15, -0.1) is 0 Å². The fourth-order valence-corrected chi connectivity index (χ4v) is 0.964. The van der Waals surface area contributed by atoms with Crippen molar-refractivity contribution in [3.05, 3.63) is 17.2 Å². The topological polar surface area (TPSA) is 65.2 Å². The summed E-state index contributed by atoms with van der Waals surface area (Å²) in [6, 6.07) is 0.971. The van der Waals surface area contributed by atoms with E-state index >= 15 is 0 Å². The Morgan fingerprint density at radius 3 is 2.71 bits per heavy atom. The van der Waals surface area contributed by atoms with Gasteiger partial charge in [0.05, 0.1) is 18.2 Å². The van der Waals surface area contributed by atoms with Crippen molar-refractivity contribution in [3.63, 3.8) is 0 Å². The molecule has 0 aromatic carbocycles. The number of methoxy groups -OCH3 is 1. The molecule has 0 saturated heterocycles. The number of alkyl halides is 2. The molecular formula is C8H8F2N2O2. The number of nitrogens with two attached hydrogens (primary N) is 1. The smallest absolute Gasteiger partial charge is 0.267 e. The second kappa shape index (κ2) is 3.99. The van der Waals surface area contributed by atoms with E-state index in [0.29, 0.717) is 6.29 Å². The van der Waals surface area contributed by atoms with Gasteiger partial charge in [0.2, 0.25) is 5.88 Å². The summed E-state index contributed by atoms with van der Waals surface area (Å²) in [6.07, 6.45) is -2.37. The number of hydrogen-bond donors (Lipinski definition) is 1. The molecule has 2 N–H and O–H groups in total. The summed E-state index contributed by atoms with van der Waals surface area (Å²) in [6.45, 7) is 0. The Morgan fingerprint density at radius 1 is 1.64 bits per heavy atom. The number of aldehydes is 1. The van der Waals surface area contributed by atoms with E-state index in [1.54, 1.807) is 0 Å². The van der Waals surface area contributed by atoms with Crippen molar-refractivity contribution < 1.29 is 18.3 Å². The molecule has 0 aliphatic heterocycles. The minimum Gasteiger partial charge on any atom is -0.480 e. The third kappa shape index (κ3) is 1.78. The van der Waals surface area contributed by atoms with Gasteiger partial charge in [-0.3, -0.25) is 4.79 Å². The molecule has 14 heavy (non-hydrogen) atoms. The van der Waals surface area contributed by atoms with Crippen LogP contribution in [0, 0.1) is 0 Å². The molecule has 1 aromatic heterocycles. The van der Waals surface area contributed by atoms with Crippen molar-refractivity contribution in [3.8, 4) is 5.88 Å². The minimum absolute atomic E-state index is 0.0444. The number of ether oxygens (including phenoxy) is 1. The lowest BCUT2D eigenvalue weighted by molar-refractivity contribution is 0.111. The predicted octanol–water partition coefficient (Wildman–Crippen LogP) is 1.42. The molecule has 0 atom stereocenters. The van der Waals surface area contributed by atoms with Crippen molar-refractivity contribution in [1.82, 2.24) is 4.98 Å². The molecule has 1 aromatic rings. The molecule has 1 heterocycles. The van der Waals surface area contributed by atoms with Gasteiger partial charge in [0.25, 0.3) is 6.43 Å². The number of anilines is 1. The number of nitrogen functional groups attached to an aromatic ring is 1. The number of hydrogen-bond acceptors (Lipinski definition) is 4. The summed E-state index contributed by atoms with van der Waals surface area (Å²) in [5, 5.41) is 0. The fraction of sp³-hybridized carbons (Fsp3) is 0.250. The number of pyridine rings is 1. The third-order valence-electron chi connectivity index (χ3n) is 1.63. The molecule has 0 spiro atoms. The van der Waals surface area contributed by atoms with Crippen LogP contribution in [0.5, 0.6) is 5.88 Å². The Kier molecular flexibility index (Phi) is 2.95. The number of rotatable bonds is 3. The Labute approximate surface area is 78.7 Å². The van der Waals surface area contributed by atoms with Crippen LogP contribution in [0.4, 0.5) is 14.6 Å². The molecule has 0 aliphatic rings. The zero-order valence-electron chi connectivity index (χ0n) is 7.33. The maximum Gasteiger partial charge on any atom is 0.267 e. The van der Waals surface area contributed by atoms with E-state index < -0.39 is 12.0 Å². The second-order valence-electron chi connectivity index (χ2n) is 2.48. The van der Waals surface area contributed by atoms with Crippen LogP contribution in [0.3, 0.4) is 0 Å². The van der Waals surface area contributed by atoms with Crippen LogP contribution in [0.15, 0.2) is 6.07 Å².